The highest BCUT2D eigenvalue weighted by Gasteiger charge is 2.27. The van der Waals surface area contributed by atoms with Gasteiger partial charge in [0.1, 0.15) is 0 Å². The van der Waals surface area contributed by atoms with Crippen LogP contribution in [-0.4, -0.2) is 31.5 Å². The largest absolute Gasteiger partial charge is 0.493 e. The maximum absolute atomic E-state index is 10.6. The molecule has 0 radical (unpaired) electrons. The van der Waals surface area contributed by atoms with Crippen LogP contribution in [0.5, 0.6) is 11.5 Å². The van der Waals surface area contributed by atoms with Crippen molar-refractivity contribution in [3.8, 4) is 11.5 Å². The fraction of sp³-hybridized carbons (Fsp3) is 0.647. The van der Waals surface area contributed by atoms with E-state index < -0.39 is 5.60 Å². The first-order chi connectivity index (χ1) is 10.2. The highest BCUT2D eigenvalue weighted by Crippen LogP contribution is 2.31. The van der Waals surface area contributed by atoms with Crippen LogP contribution in [0.3, 0.4) is 0 Å². The first-order valence-corrected chi connectivity index (χ1v) is 7.81. The number of ether oxygens (including phenoxy) is 2. The number of hydrogen-bond acceptors (Lipinski definition) is 4. The number of hydrogen-bond donors (Lipinski definition) is 2. The molecule has 2 N–H and O–H groups in total. The van der Waals surface area contributed by atoms with Gasteiger partial charge in [-0.1, -0.05) is 37.8 Å². The number of aliphatic hydroxyl groups is 1. The zero-order valence-electron chi connectivity index (χ0n) is 13.2. The van der Waals surface area contributed by atoms with Gasteiger partial charge in [-0.3, -0.25) is 0 Å². The Bertz CT molecular complexity index is 440. The molecule has 0 heterocycles. The van der Waals surface area contributed by atoms with Gasteiger partial charge < -0.3 is 19.9 Å². The highest BCUT2D eigenvalue weighted by atomic mass is 16.5. The predicted octanol–water partition coefficient (Wildman–Crippen LogP) is 2.88. The van der Waals surface area contributed by atoms with Crippen LogP contribution in [0.4, 0.5) is 0 Å². The van der Waals surface area contributed by atoms with Gasteiger partial charge in [0.2, 0.25) is 0 Å². The van der Waals surface area contributed by atoms with Gasteiger partial charge in [-0.25, -0.2) is 0 Å². The number of benzene rings is 1. The highest BCUT2D eigenvalue weighted by molar-refractivity contribution is 5.46. The van der Waals surface area contributed by atoms with Gasteiger partial charge >= 0.3 is 0 Å². The third-order valence-electron chi connectivity index (χ3n) is 4.29. The number of para-hydroxylation sites is 1. The first kappa shape index (κ1) is 16.1. The molecule has 21 heavy (non-hydrogen) atoms. The molecular weight excluding hydrogens is 266 g/mol. The second kappa shape index (κ2) is 7.66. The van der Waals surface area contributed by atoms with Crippen LogP contribution in [0, 0.1) is 0 Å². The lowest BCUT2D eigenvalue weighted by Gasteiger charge is -2.27. The lowest BCUT2D eigenvalue weighted by molar-refractivity contribution is 0.0250. The molecule has 2 rings (SSSR count). The van der Waals surface area contributed by atoms with E-state index in [9.17, 15) is 5.11 Å². The third kappa shape index (κ3) is 4.35. The van der Waals surface area contributed by atoms with Crippen LogP contribution in [0.25, 0.3) is 0 Å². The minimum Gasteiger partial charge on any atom is -0.493 e. The lowest BCUT2D eigenvalue weighted by atomic mass is 9.94. The van der Waals surface area contributed by atoms with E-state index >= 15 is 0 Å². The van der Waals surface area contributed by atoms with Crippen molar-refractivity contribution in [2.75, 3.05) is 20.8 Å². The standard InChI is InChI=1S/C17H27NO3/c1-20-15-9-7-8-14(16(15)21-2)12-18-13-17(19)10-5-3-4-6-11-17/h7-9,18-19H,3-6,10-13H2,1-2H3. The topological polar surface area (TPSA) is 50.7 Å². The average molecular weight is 293 g/mol. The summed E-state index contributed by atoms with van der Waals surface area (Å²) >= 11 is 0. The van der Waals surface area contributed by atoms with Crippen LogP contribution < -0.4 is 14.8 Å². The van der Waals surface area contributed by atoms with E-state index in [-0.39, 0.29) is 0 Å². The monoisotopic (exact) mass is 293 g/mol. The van der Waals surface area contributed by atoms with Crippen molar-refractivity contribution in [3.05, 3.63) is 23.8 Å². The Morgan fingerprint density at radius 1 is 1.10 bits per heavy atom. The van der Waals surface area contributed by atoms with Gasteiger partial charge in [0.05, 0.1) is 19.8 Å². The molecule has 0 bridgehead atoms. The SMILES string of the molecule is COc1cccc(CNCC2(O)CCCCCC2)c1OC. The van der Waals surface area contributed by atoms with E-state index in [0.717, 1.165) is 42.7 Å². The van der Waals surface area contributed by atoms with Gasteiger partial charge in [-0.05, 0) is 18.9 Å². The van der Waals surface area contributed by atoms with Crippen molar-refractivity contribution in [2.45, 2.75) is 50.7 Å². The van der Waals surface area contributed by atoms with Crippen molar-refractivity contribution in [2.24, 2.45) is 0 Å². The normalized spacial score (nSPS) is 18.0. The summed E-state index contributed by atoms with van der Waals surface area (Å²) in [4.78, 5) is 0. The summed E-state index contributed by atoms with van der Waals surface area (Å²) in [5.41, 5.74) is 0.497. The smallest absolute Gasteiger partial charge is 0.165 e. The number of rotatable bonds is 6. The molecule has 1 aliphatic rings. The van der Waals surface area contributed by atoms with Crippen LogP contribution in [-0.2, 0) is 6.54 Å². The lowest BCUT2D eigenvalue weighted by Crippen LogP contribution is -2.39. The predicted molar refractivity (Wildman–Crippen MR) is 83.9 cm³/mol. The molecule has 0 aromatic heterocycles. The molecule has 0 atom stereocenters. The van der Waals surface area contributed by atoms with E-state index in [1.807, 2.05) is 18.2 Å². The summed E-state index contributed by atoms with van der Waals surface area (Å²) < 4.78 is 10.7. The van der Waals surface area contributed by atoms with Crippen molar-refractivity contribution < 1.29 is 14.6 Å². The maximum atomic E-state index is 10.6. The summed E-state index contributed by atoms with van der Waals surface area (Å²) in [6.45, 7) is 1.30. The maximum Gasteiger partial charge on any atom is 0.165 e. The number of methoxy groups -OCH3 is 2. The summed E-state index contributed by atoms with van der Waals surface area (Å²) in [7, 11) is 3.30. The minimum atomic E-state index is -0.553. The molecule has 1 fully saturated rings. The van der Waals surface area contributed by atoms with E-state index in [2.05, 4.69) is 5.32 Å². The van der Waals surface area contributed by atoms with Crippen LogP contribution >= 0.6 is 0 Å². The summed E-state index contributed by atoms with van der Waals surface area (Å²) in [5, 5.41) is 14.0. The molecular formula is C17H27NO3. The Morgan fingerprint density at radius 2 is 1.81 bits per heavy atom. The summed E-state index contributed by atoms with van der Waals surface area (Å²) in [6, 6.07) is 5.87. The molecule has 0 amide bonds. The Morgan fingerprint density at radius 3 is 2.43 bits per heavy atom. The van der Waals surface area contributed by atoms with E-state index in [1.165, 1.54) is 12.8 Å². The summed E-state index contributed by atoms with van der Waals surface area (Å²) in [5.74, 6) is 1.50. The molecule has 1 saturated carbocycles. The molecule has 1 aromatic rings. The average Bonchev–Trinajstić information content (AvgIpc) is 2.72. The molecule has 1 aromatic carbocycles. The molecule has 4 nitrogen and oxygen atoms in total. The second-order valence-corrected chi connectivity index (χ2v) is 5.89. The fourth-order valence-corrected chi connectivity index (χ4v) is 3.09. The van der Waals surface area contributed by atoms with E-state index in [4.69, 9.17) is 9.47 Å². The van der Waals surface area contributed by atoms with Crippen molar-refractivity contribution >= 4 is 0 Å². The molecule has 0 unspecified atom stereocenters. The minimum absolute atomic E-state index is 0.553. The Kier molecular flexibility index (Phi) is 5.88. The van der Waals surface area contributed by atoms with Crippen molar-refractivity contribution in [1.82, 2.24) is 5.32 Å². The van der Waals surface area contributed by atoms with Gasteiger partial charge in [0, 0.05) is 18.7 Å². The molecule has 0 aliphatic heterocycles. The zero-order chi connectivity index (χ0) is 15.1. The van der Waals surface area contributed by atoms with Gasteiger partial charge in [-0.2, -0.15) is 0 Å². The molecule has 118 valence electrons. The second-order valence-electron chi connectivity index (χ2n) is 5.89. The third-order valence-corrected chi connectivity index (χ3v) is 4.29. The van der Waals surface area contributed by atoms with Crippen molar-refractivity contribution in [1.29, 1.82) is 0 Å². The quantitative estimate of drug-likeness (QED) is 0.792. The first-order valence-electron chi connectivity index (χ1n) is 7.81. The fourth-order valence-electron chi connectivity index (χ4n) is 3.09. The molecule has 1 aliphatic carbocycles. The van der Waals surface area contributed by atoms with E-state index in [0.29, 0.717) is 13.1 Å². The zero-order valence-corrected chi connectivity index (χ0v) is 13.2. The Labute approximate surface area is 127 Å². The van der Waals surface area contributed by atoms with Gasteiger partial charge in [-0.15, -0.1) is 0 Å². The molecule has 4 heteroatoms. The molecule has 0 saturated heterocycles. The van der Waals surface area contributed by atoms with Crippen LogP contribution in [0.2, 0.25) is 0 Å². The van der Waals surface area contributed by atoms with Crippen LogP contribution in [0.1, 0.15) is 44.1 Å². The number of nitrogens with one attached hydrogen (secondary N) is 1. The Hall–Kier alpha value is -1.26. The molecule has 0 spiro atoms. The van der Waals surface area contributed by atoms with Gasteiger partial charge in [0.15, 0.2) is 11.5 Å². The summed E-state index contributed by atoms with van der Waals surface area (Å²) in [6.07, 6.45) is 6.53. The van der Waals surface area contributed by atoms with Crippen LogP contribution in [0.15, 0.2) is 18.2 Å². The van der Waals surface area contributed by atoms with Gasteiger partial charge in [0.25, 0.3) is 0 Å². The van der Waals surface area contributed by atoms with E-state index in [1.54, 1.807) is 14.2 Å². The Balaban J connectivity index is 1.93. The van der Waals surface area contributed by atoms with Crippen molar-refractivity contribution in [3.63, 3.8) is 0 Å².